The summed E-state index contributed by atoms with van der Waals surface area (Å²) in [5.41, 5.74) is 0. The van der Waals surface area contributed by atoms with E-state index in [0.717, 1.165) is 5.82 Å². The van der Waals surface area contributed by atoms with E-state index in [2.05, 4.69) is 20.0 Å². The normalized spacial score (nSPS) is 10.9. The minimum absolute atomic E-state index is 0.278. The van der Waals surface area contributed by atoms with Crippen LogP contribution in [0, 0.1) is 0 Å². The Morgan fingerprint density at radius 2 is 2.36 bits per heavy atom. The van der Waals surface area contributed by atoms with Gasteiger partial charge in [0, 0.05) is 5.92 Å². The van der Waals surface area contributed by atoms with Crippen molar-refractivity contribution in [1.29, 1.82) is 0 Å². The van der Waals surface area contributed by atoms with Crippen molar-refractivity contribution in [2.75, 3.05) is 0 Å². The van der Waals surface area contributed by atoms with Gasteiger partial charge in [0.25, 0.3) is 0 Å². The van der Waals surface area contributed by atoms with Crippen LogP contribution in [0.1, 0.15) is 31.4 Å². The number of aromatic amines is 1. The smallest absolute Gasteiger partial charge is 0.153 e. The van der Waals surface area contributed by atoms with Gasteiger partial charge in [-0.3, -0.25) is 9.94 Å². The van der Waals surface area contributed by atoms with Gasteiger partial charge in [0.15, 0.2) is 11.6 Å². The Kier molecular flexibility index (Phi) is 2.56. The fraction of sp³-hybridized carbons (Fsp3) is 0.667. The average molecular weight is 156 g/mol. The van der Waals surface area contributed by atoms with Crippen LogP contribution < -0.4 is 5.90 Å². The number of nitrogens with zero attached hydrogens (tertiary/aromatic N) is 2. The summed E-state index contributed by atoms with van der Waals surface area (Å²) in [5.74, 6) is 6.64. The van der Waals surface area contributed by atoms with Gasteiger partial charge in [-0.1, -0.05) is 13.8 Å². The predicted octanol–water partition coefficient (Wildman–Crippen LogP) is 0.318. The maximum Gasteiger partial charge on any atom is 0.153 e. The highest BCUT2D eigenvalue weighted by Crippen LogP contribution is 2.07. The average Bonchev–Trinajstić information content (AvgIpc) is 2.37. The summed E-state index contributed by atoms with van der Waals surface area (Å²) < 4.78 is 0. The predicted molar refractivity (Wildman–Crippen MR) is 39.4 cm³/mol. The molecule has 62 valence electrons. The first-order chi connectivity index (χ1) is 5.24. The van der Waals surface area contributed by atoms with Crippen LogP contribution in [0.2, 0.25) is 0 Å². The third-order valence-corrected chi connectivity index (χ3v) is 1.29. The molecule has 1 aromatic heterocycles. The molecule has 0 aromatic carbocycles. The van der Waals surface area contributed by atoms with Crippen LogP contribution in [-0.4, -0.2) is 15.2 Å². The number of aromatic nitrogens is 3. The number of rotatable bonds is 3. The maximum atomic E-state index is 4.86. The first-order valence-electron chi connectivity index (χ1n) is 3.47. The molecule has 5 heteroatoms. The summed E-state index contributed by atoms with van der Waals surface area (Å²) in [6, 6.07) is 0. The Bertz CT molecular complexity index is 220. The molecule has 1 heterocycles. The Balaban J connectivity index is 2.66. The highest BCUT2D eigenvalue weighted by Gasteiger charge is 2.05. The quantitative estimate of drug-likeness (QED) is 0.618. The summed E-state index contributed by atoms with van der Waals surface area (Å²) in [6.45, 7) is 4.33. The second-order valence-corrected chi connectivity index (χ2v) is 2.61. The third-order valence-electron chi connectivity index (χ3n) is 1.29. The lowest BCUT2D eigenvalue weighted by Crippen LogP contribution is -2.00. The first-order valence-corrected chi connectivity index (χ1v) is 3.47. The van der Waals surface area contributed by atoms with E-state index in [1.807, 2.05) is 13.8 Å². The van der Waals surface area contributed by atoms with Crippen LogP contribution in [0.4, 0.5) is 0 Å². The largest absolute Gasteiger partial charge is 0.297 e. The molecule has 0 saturated heterocycles. The van der Waals surface area contributed by atoms with Gasteiger partial charge in [-0.15, -0.1) is 0 Å². The molecule has 0 aliphatic carbocycles. The second kappa shape index (κ2) is 3.45. The van der Waals surface area contributed by atoms with Crippen LogP contribution in [0.3, 0.4) is 0 Å². The fourth-order valence-electron chi connectivity index (χ4n) is 0.712. The van der Waals surface area contributed by atoms with Crippen molar-refractivity contribution in [2.45, 2.75) is 26.4 Å². The molecule has 0 unspecified atom stereocenters. The lowest BCUT2D eigenvalue weighted by Gasteiger charge is -1.93. The van der Waals surface area contributed by atoms with Crippen molar-refractivity contribution in [3.63, 3.8) is 0 Å². The Morgan fingerprint density at radius 1 is 1.64 bits per heavy atom. The van der Waals surface area contributed by atoms with Crippen molar-refractivity contribution in [3.05, 3.63) is 11.6 Å². The van der Waals surface area contributed by atoms with E-state index < -0.39 is 0 Å². The van der Waals surface area contributed by atoms with Crippen molar-refractivity contribution < 1.29 is 4.84 Å². The SMILES string of the molecule is CC(C)c1n[nH]c(CON)n1. The maximum absolute atomic E-state index is 4.86. The molecule has 0 fully saturated rings. The van der Waals surface area contributed by atoms with Crippen molar-refractivity contribution >= 4 is 0 Å². The summed E-state index contributed by atoms with van der Waals surface area (Å²) >= 11 is 0. The molecular weight excluding hydrogens is 144 g/mol. The van der Waals surface area contributed by atoms with E-state index in [1.54, 1.807) is 0 Å². The highest BCUT2D eigenvalue weighted by atomic mass is 16.6. The van der Waals surface area contributed by atoms with Crippen LogP contribution in [0.5, 0.6) is 0 Å². The zero-order valence-electron chi connectivity index (χ0n) is 6.66. The van der Waals surface area contributed by atoms with Crippen LogP contribution in [0.15, 0.2) is 0 Å². The summed E-state index contributed by atoms with van der Waals surface area (Å²) in [7, 11) is 0. The number of hydrogen-bond acceptors (Lipinski definition) is 4. The zero-order valence-corrected chi connectivity index (χ0v) is 6.66. The van der Waals surface area contributed by atoms with Gasteiger partial charge in [0.1, 0.15) is 6.61 Å². The molecule has 11 heavy (non-hydrogen) atoms. The zero-order chi connectivity index (χ0) is 8.27. The molecule has 0 atom stereocenters. The molecule has 1 rings (SSSR count). The Morgan fingerprint density at radius 3 is 2.82 bits per heavy atom. The molecule has 0 aliphatic heterocycles. The van der Waals surface area contributed by atoms with E-state index in [4.69, 9.17) is 5.90 Å². The van der Waals surface area contributed by atoms with Gasteiger partial charge in [-0.25, -0.2) is 10.9 Å². The summed E-state index contributed by atoms with van der Waals surface area (Å²) in [4.78, 5) is 8.52. The molecule has 5 nitrogen and oxygen atoms in total. The van der Waals surface area contributed by atoms with E-state index in [0.29, 0.717) is 11.7 Å². The van der Waals surface area contributed by atoms with E-state index in [1.165, 1.54) is 0 Å². The summed E-state index contributed by atoms with van der Waals surface area (Å²) in [6.07, 6.45) is 0. The van der Waals surface area contributed by atoms with Gasteiger partial charge in [0.05, 0.1) is 0 Å². The van der Waals surface area contributed by atoms with Crippen LogP contribution >= 0.6 is 0 Å². The molecule has 0 aliphatic rings. The van der Waals surface area contributed by atoms with E-state index >= 15 is 0 Å². The Hall–Kier alpha value is -0.940. The monoisotopic (exact) mass is 156 g/mol. The van der Waals surface area contributed by atoms with Gasteiger partial charge in [0.2, 0.25) is 0 Å². The third kappa shape index (κ3) is 1.99. The Labute approximate surface area is 64.9 Å². The second-order valence-electron chi connectivity index (χ2n) is 2.61. The molecule has 0 radical (unpaired) electrons. The van der Waals surface area contributed by atoms with Gasteiger partial charge in [-0.2, -0.15) is 5.10 Å². The molecular formula is C6H12N4O. The molecule has 3 N–H and O–H groups in total. The summed E-state index contributed by atoms with van der Waals surface area (Å²) in [5, 5.41) is 6.68. The lowest BCUT2D eigenvalue weighted by atomic mass is 10.2. The molecule has 0 amide bonds. The van der Waals surface area contributed by atoms with Crippen molar-refractivity contribution in [3.8, 4) is 0 Å². The molecule has 0 spiro atoms. The van der Waals surface area contributed by atoms with Crippen molar-refractivity contribution in [2.24, 2.45) is 5.90 Å². The van der Waals surface area contributed by atoms with E-state index in [9.17, 15) is 0 Å². The molecule has 1 aromatic rings. The molecule has 0 saturated carbocycles. The van der Waals surface area contributed by atoms with E-state index in [-0.39, 0.29) is 6.61 Å². The molecule has 0 bridgehead atoms. The minimum Gasteiger partial charge on any atom is -0.297 e. The minimum atomic E-state index is 0.278. The van der Waals surface area contributed by atoms with Gasteiger partial charge >= 0.3 is 0 Å². The number of nitrogens with one attached hydrogen (secondary N) is 1. The lowest BCUT2D eigenvalue weighted by molar-refractivity contribution is 0.118. The standard InChI is InChI=1S/C6H12N4O/c1-4(2)6-8-5(3-11-7)9-10-6/h4H,3,7H2,1-2H3,(H,8,9,10). The van der Waals surface area contributed by atoms with Gasteiger partial charge < -0.3 is 0 Å². The van der Waals surface area contributed by atoms with Gasteiger partial charge in [-0.05, 0) is 0 Å². The number of hydrogen-bond donors (Lipinski definition) is 2. The number of nitrogens with two attached hydrogens (primary N) is 1. The van der Waals surface area contributed by atoms with Crippen molar-refractivity contribution in [1.82, 2.24) is 15.2 Å². The van der Waals surface area contributed by atoms with Crippen LogP contribution in [0.25, 0.3) is 0 Å². The first kappa shape index (κ1) is 8.16. The highest BCUT2D eigenvalue weighted by molar-refractivity contribution is 4.93. The van der Waals surface area contributed by atoms with Crippen LogP contribution in [-0.2, 0) is 11.4 Å². The topological polar surface area (TPSA) is 76.8 Å². The number of H-pyrrole nitrogens is 1. The fourth-order valence-corrected chi connectivity index (χ4v) is 0.712.